The molecule has 2 saturated heterocycles. The van der Waals surface area contributed by atoms with Gasteiger partial charge in [-0.1, -0.05) is 18.8 Å². The van der Waals surface area contributed by atoms with Crippen molar-refractivity contribution in [1.29, 1.82) is 0 Å². The van der Waals surface area contributed by atoms with Crippen LogP contribution in [0.15, 0.2) is 24.5 Å². The molecule has 0 bridgehead atoms. The Labute approximate surface area is 261 Å². The summed E-state index contributed by atoms with van der Waals surface area (Å²) < 4.78 is 76.0. The predicted octanol–water partition coefficient (Wildman–Crippen LogP) is 5.48. The zero-order chi connectivity index (χ0) is 31.6. The fourth-order valence-corrected chi connectivity index (χ4v) is 6.64. The minimum atomic E-state index is -4.75. The highest BCUT2D eigenvalue weighted by molar-refractivity contribution is 7.16. The monoisotopic (exact) mass is 657 g/mol. The van der Waals surface area contributed by atoms with Crippen LogP contribution in [0.1, 0.15) is 37.6 Å². The van der Waals surface area contributed by atoms with Crippen molar-refractivity contribution >= 4 is 34.1 Å². The van der Waals surface area contributed by atoms with E-state index < -0.39 is 29.3 Å². The van der Waals surface area contributed by atoms with Gasteiger partial charge in [0.05, 0.1) is 30.5 Å². The third kappa shape index (κ3) is 8.04. The molecule has 10 nitrogen and oxygen atoms in total. The van der Waals surface area contributed by atoms with E-state index >= 15 is 4.39 Å². The number of thiazole rings is 1. The first kappa shape index (κ1) is 34.4. The van der Waals surface area contributed by atoms with E-state index in [1.807, 2.05) is 0 Å². The summed E-state index contributed by atoms with van der Waals surface area (Å²) in [6.45, 7) is 4.20. The molecule has 0 unspecified atom stereocenters. The lowest BCUT2D eigenvalue weighted by molar-refractivity contribution is -0.139. The molecule has 2 N–H and O–H groups in total. The Balaban J connectivity index is 0.00000461. The molecule has 0 aliphatic carbocycles. The number of anilines is 3. The van der Waals surface area contributed by atoms with E-state index in [9.17, 15) is 27.5 Å². The number of nitrogens with zero attached hydrogens (tertiary/aromatic N) is 6. The number of hydrogen-bond acceptors (Lipinski definition) is 10. The standard InChI is InChI=1S/C28H32F5N7O3S.CH4/c1-16-4-3-5-38(16)12-21-24(17-8-18(28(31,32)33)10-19(29)9-17)36-27(44-21)37-25-23(30)26(35-15-34-25)40-7-6-39(13-22(41)42)20(11-40)14-43-2;/h8-10,15-16,20H,3-7,11-14H2,1-2H3,(H,41,42)(H,34,35,36,37);1H4/t16-,20-;/m1./s1. The van der Waals surface area contributed by atoms with E-state index in [2.05, 4.69) is 32.1 Å². The van der Waals surface area contributed by atoms with Gasteiger partial charge in [0.15, 0.2) is 16.8 Å². The molecule has 0 spiro atoms. The molecule has 2 fully saturated rings. The van der Waals surface area contributed by atoms with Crippen LogP contribution in [0, 0.1) is 11.6 Å². The summed E-state index contributed by atoms with van der Waals surface area (Å²) in [6.07, 6.45) is -1.62. The Kier molecular flexibility index (Phi) is 10.9. The van der Waals surface area contributed by atoms with Gasteiger partial charge in [-0.2, -0.15) is 17.6 Å². The molecule has 3 aromatic rings. The molecule has 246 valence electrons. The molecule has 2 aliphatic rings. The molecule has 0 radical (unpaired) electrons. The molecule has 16 heteroatoms. The second-order valence-corrected chi connectivity index (χ2v) is 12.0. The second kappa shape index (κ2) is 14.3. The maximum absolute atomic E-state index is 15.8. The Morgan fingerprint density at radius 1 is 1.16 bits per heavy atom. The number of likely N-dealkylation sites (tertiary alicyclic amines) is 1. The third-order valence-corrected chi connectivity index (χ3v) is 8.79. The molecular formula is C29H36F5N7O3S. The zero-order valence-electron chi connectivity index (χ0n) is 24.1. The summed E-state index contributed by atoms with van der Waals surface area (Å²) in [4.78, 5) is 30.2. The van der Waals surface area contributed by atoms with Crippen LogP contribution < -0.4 is 10.2 Å². The fraction of sp³-hybridized carbons (Fsp3) is 0.517. The second-order valence-electron chi connectivity index (χ2n) is 10.9. The van der Waals surface area contributed by atoms with Crippen molar-refractivity contribution < 1.29 is 36.6 Å². The van der Waals surface area contributed by atoms with Gasteiger partial charge >= 0.3 is 12.1 Å². The van der Waals surface area contributed by atoms with Crippen LogP contribution >= 0.6 is 11.3 Å². The number of aliphatic carboxylic acids is 1. The van der Waals surface area contributed by atoms with Gasteiger partial charge in [-0.3, -0.25) is 14.6 Å². The van der Waals surface area contributed by atoms with Crippen LogP contribution in [0.25, 0.3) is 11.3 Å². The molecule has 2 aromatic heterocycles. The minimum Gasteiger partial charge on any atom is -0.480 e. The fourth-order valence-electron chi connectivity index (χ4n) is 5.63. The summed E-state index contributed by atoms with van der Waals surface area (Å²) in [5.41, 5.74) is -0.985. The van der Waals surface area contributed by atoms with Crippen molar-refractivity contribution in [3.63, 3.8) is 0 Å². The lowest BCUT2D eigenvalue weighted by atomic mass is 10.1. The molecule has 0 amide bonds. The Hall–Kier alpha value is -3.47. The first-order valence-electron chi connectivity index (χ1n) is 14.0. The third-order valence-electron chi connectivity index (χ3n) is 7.83. The van der Waals surface area contributed by atoms with Gasteiger partial charge in [-0.25, -0.2) is 19.3 Å². The number of benzene rings is 1. The zero-order valence-corrected chi connectivity index (χ0v) is 24.9. The quantitative estimate of drug-likeness (QED) is 0.272. The van der Waals surface area contributed by atoms with E-state index in [1.54, 1.807) is 9.80 Å². The van der Waals surface area contributed by atoms with Gasteiger partial charge in [0.25, 0.3) is 0 Å². The number of piperazine rings is 1. The average molecular weight is 658 g/mol. The lowest BCUT2D eigenvalue weighted by Gasteiger charge is -2.40. The normalized spacial score (nSPS) is 19.5. The number of ether oxygens (including phenoxy) is 1. The number of alkyl halides is 3. The first-order valence-corrected chi connectivity index (χ1v) is 14.8. The summed E-state index contributed by atoms with van der Waals surface area (Å²) in [6, 6.07) is 2.24. The number of carbonyl (C=O) groups is 1. The number of carboxylic acids is 1. The van der Waals surface area contributed by atoms with E-state index in [-0.39, 0.29) is 67.2 Å². The van der Waals surface area contributed by atoms with Gasteiger partial charge in [0, 0.05) is 49.8 Å². The largest absolute Gasteiger partial charge is 0.480 e. The van der Waals surface area contributed by atoms with Crippen molar-refractivity contribution in [3.05, 3.63) is 46.6 Å². The Morgan fingerprint density at radius 2 is 1.93 bits per heavy atom. The van der Waals surface area contributed by atoms with Gasteiger partial charge in [0.2, 0.25) is 5.82 Å². The number of nitrogens with one attached hydrogen (secondary N) is 1. The van der Waals surface area contributed by atoms with Crippen LogP contribution in [-0.4, -0.2) is 94.4 Å². The first-order chi connectivity index (χ1) is 20.9. The summed E-state index contributed by atoms with van der Waals surface area (Å²) >= 11 is 1.13. The number of aromatic nitrogens is 3. The topological polar surface area (TPSA) is 107 Å². The highest BCUT2D eigenvalue weighted by Crippen LogP contribution is 2.39. The lowest BCUT2D eigenvalue weighted by Crippen LogP contribution is -2.56. The molecular weight excluding hydrogens is 621 g/mol. The molecule has 5 rings (SSSR count). The smallest absolute Gasteiger partial charge is 0.416 e. The predicted molar refractivity (Wildman–Crippen MR) is 161 cm³/mol. The van der Waals surface area contributed by atoms with Gasteiger partial charge in [-0.15, -0.1) is 0 Å². The Bertz CT molecular complexity index is 1490. The average Bonchev–Trinajstić information content (AvgIpc) is 3.55. The van der Waals surface area contributed by atoms with Crippen LogP contribution in [-0.2, 0) is 22.3 Å². The highest BCUT2D eigenvalue weighted by atomic mass is 32.1. The van der Waals surface area contributed by atoms with E-state index in [0.717, 1.165) is 42.9 Å². The van der Waals surface area contributed by atoms with Crippen LogP contribution in [0.5, 0.6) is 0 Å². The maximum Gasteiger partial charge on any atom is 0.416 e. The maximum atomic E-state index is 15.8. The van der Waals surface area contributed by atoms with E-state index in [0.29, 0.717) is 30.6 Å². The molecule has 4 heterocycles. The van der Waals surface area contributed by atoms with E-state index in [4.69, 9.17) is 4.74 Å². The SMILES string of the molecule is C.COC[C@H]1CN(c2ncnc(Nc3nc(-c4cc(F)cc(C(F)(F)F)c4)c(CN4CCC[C@H]4C)s3)c2F)CCN1CC(=O)O. The highest BCUT2D eigenvalue weighted by Gasteiger charge is 2.33. The molecule has 0 saturated carbocycles. The van der Waals surface area contributed by atoms with Crippen LogP contribution in [0.4, 0.5) is 38.7 Å². The number of carboxylic acid groups (broad SMARTS) is 1. The number of rotatable bonds is 10. The molecule has 1 aromatic carbocycles. The van der Waals surface area contributed by atoms with Crippen molar-refractivity contribution in [3.8, 4) is 11.3 Å². The van der Waals surface area contributed by atoms with Crippen molar-refractivity contribution in [2.45, 2.75) is 52.0 Å². The van der Waals surface area contributed by atoms with Crippen molar-refractivity contribution in [2.24, 2.45) is 0 Å². The van der Waals surface area contributed by atoms with Gasteiger partial charge < -0.3 is 20.1 Å². The molecule has 2 aliphatic heterocycles. The van der Waals surface area contributed by atoms with Crippen LogP contribution in [0.3, 0.4) is 0 Å². The minimum absolute atomic E-state index is 0. The molecule has 2 atom stereocenters. The van der Waals surface area contributed by atoms with Gasteiger partial charge in [-0.05, 0) is 44.5 Å². The Morgan fingerprint density at radius 3 is 2.60 bits per heavy atom. The number of methoxy groups -OCH3 is 1. The van der Waals surface area contributed by atoms with Crippen molar-refractivity contribution in [2.75, 3.05) is 56.7 Å². The van der Waals surface area contributed by atoms with E-state index in [1.165, 1.54) is 13.4 Å². The summed E-state index contributed by atoms with van der Waals surface area (Å²) in [5, 5.41) is 12.3. The summed E-state index contributed by atoms with van der Waals surface area (Å²) in [7, 11) is 1.50. The van der Waals surface area contributed by atoms with Gasteiger partial charge in [0.1, 0.15) is 12.1 Å². The number of halogens is 5. The number of hydrogen-bond donors (Lipinski definition) is 2. The van der Waals surface area contributed by atoms with Crippen molar-refractivity contribution in [1.82, 2.24) is 24.8 Å². The van der Waals surface area contributed by atoms with Crippen LogP contribution in [0.2, 0.25) is 0 Å². The summed E-state index contributed by atoms with van der Waals surface area (Å²) in [5.74, 6) is -2.98. The molecule has 45 heavy (non-hydrogen) atoms.